The average Bonchev–Trinajstić information content (AvgIpc) is 3.13. The van der Waals surface area contributed by atoms with Gasteiger partial charge < -0.3 is 4.57 Å². The van der Waals surface area contributed by atoms with Gasteiger partial charge in [-0.25, -0.2) is 12.8 Å². The van der Waals surface area contributed by atoms with Gasteiger partial charge in [-0.3, -0.25) is 4.79 Å². The minimum atomic E-state index is -3.67. The van der Waals surface area contributed by atoms with E-state index in [1.165, 1.54) is 21.7 Å². The summed E-state index contributed by atoms with van der Waals surface area (Å²) >= 11 is 1.23. The largest absolute Gasteiger partial charge is 0.310 e. The van der Waals surface area contributed by atoms with E-state index in [1.54, 1.807) is 53.1 Å². The lowest BCUT2D eigenvalue weighted by molar-refractivity contribution is -0.122. The summed E-state index contributed by atoms with van der Waals surface area (Å²) in [5.74, 6) is -1.32. The van der Waals surface area contributed by atoms with Crippen molar-refractivity contribution in [1.29, 1.82) is 0 Å². The van der Waals surface area contributed by atoms with E-state index in [4.69, 9.17) is 0 Å². The lowest BCUT2D eigenvalue weighted by Crippen LogP contribution is -2.42. The van der Waals surface area contributed by atoms with Crippen molar-refractivity contribution in [3.8, 4) is 0 Å². The van der Waals surface area contributed by atoms with Gasteiger partial charge in [-0.05, 0) is 37.1 Å². The van der Waals surface area contributed by atoms with Crippen molar-refractivity contribution in [3.05, 3.63) is 71.8 Å². The number of hydrogen-bond donors (Lipinski definition) is 0. The lowest BCUT2D eigenvalue weighted by Gasteiger charge is -2.30. The van der Waals surface area contributed by atoms with E-state index in [-0.39, 0.29) is 17.3 Å². The minimum absolute atomic E-state index is 0.0836. The van der Waals surface area contributed by atoms with Crippen LogP contribution in [0.2, 0.25) is 0 Å². The molecule has 0 aliphatic carbocycles. The van der Waals surface area contributed by atoms with Gasteiger partial charge in [0, 0.05) is 19.6 Å². The molecule has 0 bridgehead atoms. The lowest BCUT2D eigenvalue weighted by atomic mass is 9.99. The maximum Gasteiger partial charge on any atom is 0.252 e. The fourth-order valence-electron chi connectivity index (χ4n) is 3.76. The molecule has 0 radical (unpaired) electrons. The molecule has 2 aromatic carbocycles. The zero-order chi connectivity index (χ0) is 22.0. The average molecular weight is 460 g/mol. The van der Waals surface area contributed by atoms with Crippen molar-refractivity contribution < 1.29 is 17.6 Å². The molecule has 6 nitrogen and oxygen atoms in total. The molecule has 1 aromatic heterocycles. The number of hydrogen-bond acceptors (Lipinski definition) is 4. The van der Waals surface area contributed by atoms with Gasteiger partial charge in [-0.1, -0.05) is 41.7 Å². The van der Waals surface area contributed by atoms with Crippen LogP contribution in [0.15, 0.2) is 71.1 Å². The van der Waals surface area contributed by atoms with Crippen LogP contribution in [0.1, 0.15) is 12.8 Å². The predicted octanol–water partition coefficient (Wildman–Crippen LogP) is 3.56. The number of aromatic nitrogens is 1. The molecule has 3 aromatic rings. The number of nitrogens with zero attached hydrogens (tertiary/aromatic N) is 3. The Morgan fingerprint density at radius 3 is 2.74 bits per heavy atom. The monoisotopic (exact) mass is 459 g/mol. The molecule has 1 amide bonds. The Balaban J connectivity index is 1.65. The van der Waals surface area contributed by atoms with Crippen LogP contribution in [0.4, 0.5) is 4.39 Å². The number of allylic oxidation sites excluding steroid dienone is 1. The fraction of sp³-hybridized carbons (Fsp3) is 0.273. The molecular weight excluding hydrogens is 437 g/mol. The van der Waals surface area contributed by atoms with Crippen LogP contribution >= 0.6 is 11.3 Å². The Kier molecular flexibility index (Phi) is 6.17. The van der Waals surface area contributed by atoms with Crippen molar-refractivity contribution in [1.82, 2.24) is 8.87 Å². The van der Waals surface area contributed by atoms with Gasteiger partial charge >= 0.3 is 0 Å². The number of para-hydroxylation sites is 1. The highest BCUT2D eigenvalue weighted by molar-refractivity contribution is 7.89. The quantitative estimate of drug-likeness (QED) is 0.548. The number of thiazole rings is 1. The van der Waals surface area contributed by atoms with Gasteiger partial charge in [-0.2, -0.15) is 9.30 Å². The first-order chi connectivity index (χ1) is 14.9. The molecule has 2 heterocycles. The van der Waals surface area contributed by atoms with Crippen molar-refractivity contribution in [3.63, 3.8) is 0 Å². The Hall–Kier alpha value is -2.62. The molecule has 1 aliphatic rings. The Bertz CT molecular complexity index is 1300. The van der Waals surface area contributed by atoms with Crippen molar-refractivity contribution in [2.24, 2.45) is 10.9 Å². The molecule has 1 aliphatic heterocycles. The van der Waals surface area contributed by atoms with E-state index < -0.39 is 21.8 Å². The van der Waals surface area contributed by atoms with Crippen LogP contribution in [0, 0.1) is 11.7 Å². The van der Waals surface area contributed by atoms with Crippen LogP contribution in [0.3, 0.4) is 0 Å². The Morgan fingerprint density at radius 1 is 1.23 bits per heavy atom. The molecule has 31 heavy (non-hydrogen) atoms. The molecule has 162 valence electrons. The van der Waals surface area contributed by atoms with E-state index >= 15 is 0 Å². The topological polar surface area (TPSA) is 71.7 Å². The SMILES string of the molecule is C=CCn1c(=NC(=O)C2CCCN(S(=O)(=O)c3ccccc3)C2)sc2cccc(F)c21. The molecule has 1 fully saturated rings. The summed E-state index contributed by atoms with van der Waals surface area (Å²) in [6.45, 7) is 4.47. The molecule has 0 spiro atoms. The summed E-state index contributed by atoms with van der Waals surface area (Å²) in [5.41, 5.74) is 0.385. The highest BCUT2D eigenvalue weighted by Gasteiger charge is 2.33. The van der Waals surface area contributed by atoms with Crippen molar-refractivity contribution in [2.75, 3.05) is 13.1 Å². The number of piperidine rings is 1. The second-order valence-corrected chi connectivity index (χ2v) is 10.3. The van der Waals surface area contributed by atoms with Gasteiger partial charge in [0.1, 0.15) is 5.82 Å². The standard InChI is InChI=1S/C22H22FN3O3S2/c1-2-13-26-20-18(23)11-6-12-19(20)30-22(26)24-21(27)16-8-7-14-25(15-16)31(28,29)17-9-4-3-5-10-17/h2-6,9-12,16H,1,7-8,13-15H2. The second-order valence-electron chi connectivity index (χ2n) is 7.34. The Labute approximate surface area is 184 Å². The molecular formula is C22H22FN3O3S2. The van der Waals surface area contributed by atoms with Crippen LogP contribution in [0.25, 0.3) is 10.2 Å². The normalized spacial score (nSPS) is 18.4. The van der Waals surface area contributed by atoms with Gasteiger partial charge in [0.05, 0.1) is 21.0 Å². The van der Waals surface area contributed by atoms with E-state index in [0.29, 0.717) is 40.9 Å². The summed E-state index contributed by atoms with van der Waals surface area (Å²) < 4.78 is 43.9. The summed E-state index contributed by atoms with van der Waals surface area (Å²) in [7, 11) is -3.67. The maximum absolute atomic E-state index is 14.4. The zero-order valence-corrected chi connectivity index (χ0v) is 18.4. The highest BCUT2D eigenvalue weighted by atomic mass is 32.2. The smallest absolute Gasteiger partial charge is 0.252 e. The van der Waals surface area contributed by atoms with Crippen molar-refractivity contribution in [2.45, 2.75) is 24.3 Å². The van der Waals surface area contributed by atoms with Crippen LogP contribution in [-0.2, 0) is 21.4 Å². The molecule has 9 heteroatoms. The van der Waals surface area contributed by atoms with Crippen LogP contribution in [0.5, 0.6) is 0 Å². The zero-order valence-electron chi connectivity index (χ0n) is 16.8. The number of benzene rings is 2. The van der Waals surface area contributed by atoms with E-state index in [2.05, 4.69) is 11.6 Å². The van der Waals surface area contributed by atoms with Gasteiger partial charge in [0.15, 0.2) is 4.80 Å². The summed E-state index contributed by atoms with van der Waals surface area (Å²) in [5, 5.41) is 0. The molecule has 4 rings (SSSR count). The minimum Gasteiger partial charge on any atom is -0.310 e. The number of carbonyl (C=O) groups excluding carboxylic acids is 1. The van der Waals surface area contributed by atoms with Crippen molar-refractivity contribution >= 4 is 37.5 Å². The number of rotatable bonds is 5. The molecule has 1 unspecified atom stereocenters. The van der Waals surface area contributed by atoms with E-state index in [0.717, 1.165) is 0 Å². The summed E-state index contributed by atoms with van der Waals surface area (Å²) in [6, 6.07) is 13.0. The van der Waals surface area contributed by atoms with Gasteiger partial charge in [-0.15, -0.1) is 6.58 Å². The van der Waals surface area contributed by atoms with Crippen LogP contribution in [-0.4, -0.2) is 36.3 Å². The van der Waals surface area contributed by atoms with E-state index in [9.17, 15) is 17.6 Å². The molecule has 1 atom stereocenters. The number of fused-ring (bicyclic) bond motifs is 1. The molecule has 1 saturated heterocycles. The molecule has 0 N–H and O–H groups in total. The second kappa shape index (κ2) is 8.86. The third-order valence-corrected chi connectivity index (χ3v) is 8.21. The Morgan fingerprint density at radius 2 is 2.00 bits per heavy atom. The predicted molar refractivity (Wildman–Crippen MR) is 118 cm³/mol. The first kappa shape index (κ1) is 21.6. The van der Waals surface area contributed by atoms with Gasteiger partial charge in [0.25, 0.3) is 5.91 Å². The first-order valence-corrected chi connectivity index (χ1v) is 12.2. The number of amides is 1. The van der Waals surface area contributed by atoms with E-state index in [1.807, 2.05) is 0 Å². The third kappa shape index (κ3) is 4.26. The first-order valence-electron chi connectivity index (χ1n) is 9.94. The maximum atomic E-state index is 14.4. The fourth-order valence-corrected chi connectivity index (χ4v) is 6.36. The third-order valence-electron chi connectivity index (χ3n) is 5.28. The summed E-state index contributed by atoms with van der Waals surface area (Å²) in [4.78, 5) is 17.9. The number of halogens is 1. The van der Waals surface area contributed by atoms with Gasteiger partial charge in [0.2, 0.25) is 10.0 Å². The van der Waals surface area contributed by atoms with Crippen LogP contribution < -0.4 is 4.80 Å². The summed E-state index contributed by atoms with van der Waals surface area (Å²) in [6.07, 6.45) is 2.76. The number of carbonyl (C=O) groups is 1. The number of sulfonamides is 1. The molecule has 0 saturated carbocycles. The highest BCUT2D eigenvalue weighted by Crippen LogP contribution is 2.25.